The highest BCUT2D eigenvalue weighted by Crippen LogP contribution is 2.19. The third kappa shape index (κ3) is 2.57. The third-order valence-electron chi connectivity index (χ3n) is 2.52. The molecule has 0 radical (unpaired) electrons. The molecule has 1 aromatic heterocycles. The van der Waals surface area contributed by atoms with E-state index in [0.717, 1.165) is 0 Å². The number of carbonyl (C=O) groups excluding carboxylic acids is 1. The minimum atomic E-state index is -3.01. The van der Waals surface area contributed by atoms with Gasteiger partial charge in [0, 0.05) is 6.20 Å². The molecule has 1 aliphatic rings. The Labute approximate surface area is 93.8 Å². The first-order valence-corrected chi connectivity index (χ1v) is 6.81. The van der Waals surface area contributed by atoms with Crippen LogP contribution in [-0.2, 0) is 14.6 Å². The van der Waals surface area contributed by atoms with Gasteiger partial charge in [-0.05, 0) is 18.6 Å². The second-order valence-electron chi connectivity index (χ2n) is 3.80. The Bertz CT molecular complexity index is 484. The molecule has 6 heteroatoms. The first kappa shape index (κ1) is 11.1. The highest BCUT2D eigenvalue weighted by molar-refractivity contribution is 7.91. The van der Waals surface area contributed by atoms with Crippen LogP contribution in [0.2, 0.25) is 0 Å². The topological polar surface area (TPSA) is 76.1 Å². The summed E-state index contributed by atoms with van der Waals surface area (Å²) in [5, 5.41) is 2.61. The van der Waals surface area contributed by atoms with Gasteiger partial charge in [0.15, 0.2) is 9.84 Å². The van der Waals surface area contributed by atoms with E-state index in [1.807, 2.05) is 0 Å². The summed E-state index contributed by atoms with van der Waals surface area (Å²) >= 11 is 0. The number of hydrogen-bond donors (Lipinski definition) is 1. The van der Waals surface area contributed by atoms with Gasteiger partial charge in [-0.3, -0.25) is 4.79 Å². The van der Waals surface area contributed by atoms with Gasteiger partial charge < -0.3 is 5.32 Å². The monoisotopic (exact) mass is 240 g/mol. The van der Waals surface area contributed by atoms with E-state index in [1.165, 1.54) is 0 Å². The zero-order chi connectivity index (χ0) is 11.6. The summed E-state index contributed by atoms with van der Waals surface area (Å²) in [6.07, 6.45) is 1.97. The van der Waals surface area contributed by atoms with Crippen molar-refractivity contribution in [3.8, 4) is 0 Å². The largest absolute Gasteiger partial charge is 0.310 e. The Hall–Kier alpha value is -1.43. The molecule has 1 fully saturated rings. The molecule has 0 saturated carbocycles. The van der Waals surface area contributed by atoms with Crippen molar-refractivity contribution in [2.24, 2.45) is 5.92 Å². The number of rotatable bonds is 2. The maximum Gasteiger partial charge on any atom is 0.229 e. The smallest absolute Gasteiger partial charge is 0.229 e. The minimum Gasteiger partial charge on any atom is -0.310 e. The van der Waals surface area contributed by atoms with Gasteiger partial charge in [0.05, 0.1) is 17.4 Å². The van der Waals surface area contributed by atoms with Gasteiger partial charge in [0.25, 0.3) is 0 Å². The Morgan fingerprint density at radius 1 is 1.44 bits per heavy atom. The second kappa shape index (κ2) is 4.21. The molecule has 86 valence electrons. The van der Waals surface area contributed by atoms with Crippen LogP contribution >= 0.6 is 0 Å². The first-order chi connectivity index (χ1) is 7.57. The van der Waals surface area contributed by atoms with Crippen LogP contribution in [0.4, 0.5) is 5.82 Å². The van der Waals surface area contributed by atoms with E-state index in [4.69, 9.17) is 0 Å². The van der Waals surface area contributed by atoms with Gasteiger partial charge in [-0.1, -0.05) is 6.07 Å². The van der Waals surface area contributed by atoms with E-state index in [1.54, 1.807) is 24.4 Å². The van der Waals surface area contributed by atoms with Crippen molar-refractivity contribution in [1.29, 1.82) is 0 Å². The second-order valence-corrected chi connectivity index (χ2v) is 6.03. The Balaban J connectivity index is 2.00. The highest BCUT2D eigenvalue weighted by Gasteiger charge is 2.32. The van der Waals surface area contributed by atoms with Crippen LogP contribution < -0.4 is 5.32 Å². The summed E-state index contributed by atoms with van der Waals surface area (Å²) in [5.41, 5.74) is 0. The summed E-state index contributed by atoms with van der Waals surface area (Å²) in [6, 6.07) is 5.17. The predicted molar refractivity (Wildman–Crippen MR) is 59.6 cm³/mol. The molecule has 16 heavy (non-hydrogen) atoms. The lowest BCUT2D eigenvalue weighted by Gasteiger charge is -2.07. The molecule has 1 aromatic rings. The summed E-state index contributed by atoms with van der Waals surface area (Å²) < 4.78 is 22.4. The van der Waals surface area contributed by atoms with Gasteiger partial charge in [-0.2, -0.15) is 0 Å². The molecule has 5 nitrogen and oxygen atoms in total. The van der Waals surface area contributed by atoms with Crippen molar-refractivity contribution < 1.29 is 13.2 Å². The molecule has 1 aliphatic heterocycles. The molecule has 0 aromatic carbocycles. The van der Waals surface area contributed by atoms with Crippen LogP contribution in [0.25, 0.3) is 0 Å². The normalized spacial score (nSPS) is 22.9. The molecule has 1 amide bonds. The van der Waals surface area contributed by atoms with E-state index < -0.39 is 15.8 Å². The van der Waals surface area contributed by atoms with Crippen LogP contribution in [0, 0.1) is 5.92 Å². The maximum atomic E-state index is 11.7. The zero-order valence-electron chi connectivity index (χ0n) is 8.59. The van der Waals surface area contributed by atoms with Gasteiger partial charge in [-0.15, -0.1) is 0 Å². The molecule has 1 unspecified atom stereocenters. The van der Waals surface area contributed by atoms with Gasteiger partial charge >= 0.3 is 0 Å². The first-order valence-electron chi connectivity index (χ1n) is 4.99. The molecule has 2 heterocycles. The van der Waals surface area contributed by atoms with Crippen molar-refractivity contribution >= 4 is 21.6 Å². The number of pyridine rings is 1. The molecule has 1 N–H and O–H groups in total. The van der Waals surface area contributed by atoms with E-state index in [2.05, 4.69) is 10.3 Å². The van der Waals surface area contributed by atoms with Crippen LogP contribution in [0.3, 0.4) is 0 Å². The highest BCUT2D eigenvalue weighted by atomic mass is 32.2. The van der Waals surface area contributed by atoms with E-state index in [-0.39, 0.29) is 17.4 Å². The number of carbonyl (C=O) groups is 1. The van der Waals surface area contributed by atoms with Crippen molar-refractivity contribution in [3.63, 3.8) is 0 Å². The number of hydrogen-bond acceptors (Lipinski definition) is 4. The molecular weight excluding hydrogens is 228 g/mol. The quantitative estimate of drug-likeness (QED) is 0.814. The van der Waals surface area contributed by atoms with Gasteiger partial charge in [0.2, 0.25) is 5.91 Å². The zero-order valence-corrected chi connectivity index (χ0v) is 9.40. The van der Waals surface area contributed by atoms with Crippen molar-refractivity contribution in [2.45, 2.75) is 6.42 Å². The molecule has 0 bridgehead atoms. The summed E-state index contributed by atoms with van der Waals surface area (Å²) in [4.78, 5) is 15.6. The average molecular weight is 240 g/mol. The molecule has 1 atom stereocenters. The number of nitrogens with one attached hydrogen (secondary N) is 1. The minimum absolute atomic E-state index is 0.0499. The average Bonchev–Trinajstić information content (AvgIpc) is 2.60. The standard InChI is InChI=1S/C10H12N2O3S/c13-10(8-4-6-16(14,15)7-8)12-9-3-1-2-5-11-9/h1-3,5,8H,4,6-7H2,(H,11,12,13). The van der Waals surface area contributed by atoms with Crippen molar-refractivity contribution in [3.05, 3.63) is 24.4 Å². The number of aromatic nitrogens is 1. The fourth-order valence-electron chi connectivity index (χ4n) is 1.67. The van der Waals surface area contributed by atoms with Crippen molar-refractivity contribution in [1.82, 2.24) is 4.98 Å². The number of nitrogens with zero attached hydrogens (tertiary/aromatic N) is 1. The van der Waals surface area contributed by atoms with E-state index >= 15 is 0 Å². The molecule has 0 aliphatic carbocycles. The number of amides is 1. The van der Waals surface area contributed by atoms with Gasteiger partial charge in [0.1, 0.15) is 5.82 Å². The van der Waals surface area contributed by atoms with Crippen LogP contribution in [0.15, 0.2) is 24.4 Å². The lowest BCUT2D eigenvalue weighted by molar-refractivity contribution is -0.119. The molecular formula is C10H12N2O3S. The fraction of sp³-hybridized carbons (Fsp3) is 0.400. The predicted octanol–water partition coefficient (Wildman–Crippen LogP) is 0.455. The number of anilines is 1. The third-order valence-corrected chi connectivity index (χ3v) is 4.29. The van der Waals surface area contributed by atoms with E-state index in [9.17, 15) is 13.2 Å². The maximum absolute atomic E-state index is 11.7. The van der Waals surface area contributed by atoms with Crippen LogP contribution in [0.5, 0.6) is 0 Å². The fourth-order valence-corrected chi connectivity index (χ4v) is 3.41. The SMILES string of the molecule is O=C(Nc1ccccn1)C1CCS(=O)(=O)C1. The Kier molecular flexibility index (Phi) is 2.91. The Morgan fingerprint density at radius 2 is 2.25 bits per heavy atom. The molecule has 0 spiro atoms. The van der Waals surface area contributed by atoms with Gasteiger partial charge in [-0.25, -0.2) is 13.4 Å². The van der Waals surface area contributed by atoms with Crippen LogP contribution in [-0.4, -0.2) is 30.8 Å². The Morgan fingerprint density at radius 3 is 2.81 bits per heavy atom. The lowest BCUT2D eigenvalue weighted by Crippen LogP contribution is -2.24. The molecule has 2 rings (SSSR count). The van der Waals surface area contributed by atoms with Crippen LogP contribution in [0.1, 0.15) is 6.42 Å². The molecule has 1 saturated heterocycles. The summed E-state index contributed by atoms with van der Waals surface area (Å²) in [5.74, 6) is -0.192. The summed E-state index contributed by atoms with van der Waals surface area (Å²) in [7, 11) is -3.01. The van der Waals surface area contributed by atoms with Crippen molar-refractivity contribution in [2.75, 3.05) is 16.8 Å². The number of sulfone groups is 1. The summed E-state index contributed by atoms with van der Waals surface area (Å²) in [6.45, 7) is 0. The van der Waals surface area contributed by atoms with E-state index in [0.29, 0.717) is 12.2 Å². The lowest BCUT2D eigenvalue weighted by atomic mass is 10.1.